The Morgan fingerprint density at radius 1 is 1.28 bits per heavy atom. The van der Waals surface area contributed by atoms with Crippen LogP contribution in [0, 0.1) is 0 Å². The topological polar surface area (TPSA) is 42.9 Å². The van der Waals surface area contributed by atoms with E-state index in [0.717, 1.165) is 24.8 Å². The molecule has 1 unspecified atom stereocenters. The average Bonchev–Trinajstić information content (AvgIpc) is 2.44. The van der Waals surface area contributed by atoms with E-state index in [9.17, 15) is 0 Å². The van der Waals surface area contributed by atoms with Gasteiger partial charge in [-0.1, -0.05) is 0 Å². The molecule has 3 heterocycles. The zero-order valence-electron chi connectivity index (χ0n) is 11.5. The highest BCUT2D eigenvalue weighted by atomic mass is 32.2. The number of fused-ring (bicyclic) bond motifs is 3. The van der Waals surface area contributed by atoms with Crippen molar-refractivity contribution in [3.05, 3.63) is 0 Å². The minimum atomic E-state index is 0.645. The summed E-state index contributed by atoms with van der Waals surface area (Å²) in [6.07, 6.45) is 2.12. The van der Waals surface area contributed by atoms with Crippen LogP contribution >= 0.6 is 11.8 Å². The third-order valence-corrected chi connectivity index (χ3v) is 4.33. The van der Waals surface area contributed by atoms with Crippen LogP contribution in [0.25, 0.3) is 0 Å². The SMILES string of the molecule is CN=C(NCCSC)NCC1CN2CCN1CC2. The fourth-order valence-electron chi connectivity index (χ4n) is 2.62. The van der Waals surface area contributed by atoms with Crippen molar-refractivity contribution < 1.29 is 0 Å². The molecule has 104 valence electrons. The lowest BCUT2D eigenvalue weighted by Gasteiger charge is -2.47. The van der Waals surface area contributed by atoms with Gasteiger partial charge < -0.3 is 10.6 Å². The summed E-state index contributed by atoms with van der Waals surface area (Å²) < 4.78 is 0. The molecular weight excluding hydrogens is 246 g/mol. The highest BCUT2D eigenvalue weighted by Gasteiger charge is 2.31. The van der Waals surface area contributed by atoms with Gasteiger partial charge in [0.2, 0.25) is 0 Å². The molecule has 3 saturated heterocycles. The number of rotatable bonds is 5. The number of hydrogen-bond acceptors (Lipinski definition) is 4. The number of hydrogen-bond donors (Lipinski definition) is 2. The van der Waals surface area contributed by atoms with Crippen molar-refractivity contribution in [3.8, 4) is 0 Å². The summed E-state index contributed by atoms with van der Waals surface area (Å²) in [6, 6.07) is 0.645. The van der Waals surface area contributed by atoms with Crippen molar-refractivity contribution in [2.24, 2.45) is 4.99 Å². The first-order chi connectivity index (χ1) is 8.83. The summed E-state index contributed by atoms with van der Waals surface area (Å²) in [6.45, 7) is 8.12. The molecule has 0 aliphatic carbocycles. The first kappa shape index (κ1) is 14.0. The zero-order valence-corrected chi connectivity index (χ0v) is 12.3. The van der Waals surface area contributed by atoms with Gasteiger partial charge in [-0.25, -0.2) is 0 Å². The van der Waals surface area contributed by atoms with Gasteiger partial charge in [0, 0.05) is 64.7 Å². The second-order valence-corrected chi connectivity index (χ2v) is 5.85. The molecule has 3 fully saturated rings. The lowest BCUT2D eigenvalue weighted by atomic mass is 10.1. The molecule has 2 bridgehead atoms. The van der Waals surface area contributed by atoms with Gasteiger partial charge in [0.1, 0.15) is 0 Å². The number of nitrogens with one attached hydrogen (secondary N) is 2. The molecular formula is C12H25N5S. The number of guanidine groups is 1. The van der Waals surface area contributed by atoms with E-state index in [-0.39, 0.29) is 0 Å². The second kappa shape index (κ2) is 7.21. The van der Waals surface area contributed by atoms with E-state index in [0.29, 0.717) is 6.04 Å². The van der Waals surface area contributed by atoms with Crippen molar-refractivity contribution in [1.29, 1.82) is 0 Å². The molecule has 6 heteroatoms. The fourth-order valence-corrected chi connectivity index (χ4v) is 2.93. The Labute approximate surface area is 114 Å². The number of aliphatic imine (C=N–C) groups is 1. The zero-order chi connectivity index (χ0) is 12.8. The molecule has 2 N–H and O–H groups in total. The van der Waals surface area contributed by atoms with E-state index >= 15 is 0 Å². The van der Waals surface area contributed by atoms with Crippen molar-refractivity contribution in [1.82, 2.24) is 20.4 Å². The van der Waals surface area contributed by atoms with Crippen LogP contribution in [0.3, 0.4) is 0 Å². The Morgan fingerprint density at radius 2 is 2.06 bits per heavy atom. The fraction of sp³-hybridized carbons (Fsp3) is 0.917. The molecule has 0 radical (unpaired) electrons. The molecule has 0 amide bonds. The molecule has 3 aliphatic heterocycles. The minimum absolute atomic E-state index is 0.645. The van der Waals surface area contributed by atoms with Gasteiger partial charge in [0.15, 0.2) is 5.96 Å². The number of thioether (sulfide) groups is 1. The molecule has 3 aliphatic rings. The molecule has 0 aromatic carbocycles. The van der Waals surface area contributed by atoms with Crippen LogP contribution in [-0.4, -0.2) is 86.7 Å². The summed E-state index contributed by atoms with van der Waals surface area (Å²) in [5, 5.41) is 6.78. The monoisotopic (exact) mass is 271 g/mol. The van der Waals surface area contributed by atoms with Crippen LogP contribution in [-0.2, 0) is 0 Å². The smallest absolute Gasteiger partial charge is 0.191 e. The Bertz CT molecular complexity index is 276. The van der Waals surface area contributed by atoms with Gasteiger partial charge in [-0.05, 0) is 6.26 Å². The van der Waals surface area contributed by atoms with Crippen molar-refractivity contribution >= 4 is 17.7 Å². The van der Waals surface area contributed by atoms with Crippen LogP contribution < -0.4 is 10.6 Å². The Balaban J connectivity index is 1.70. The maximum absolute atomic E-state index is 4.26. The standard InChI is InChI=1S/C12H25N5S/c1-13-12(14-3-8-18-2)15-9-11-10-16-4-6-17(11)7-5-16/h11H,3-10H2,1-2H3,(H2,13,14,15). The first-order valence-electron chi connectivity index (χ1n) is 6.73. The van der Waals surface area contributed by atoms with E-state index in [4.69, 9.17) is 0 Å². The molecule has 0 saturated carbocycles. The quantitative estimate of drug-likeness (QED) is 0.401. The van der Waals surface area contributed by atoms with Crippen molar-refractivity contribution in [2.45, 2.75) is 6.04 Å². The lowest BCUT2D eigenvalue weighted by Crippen LogP contribution is -2.63. The minimum Gasteiger partial charge on any atom is -0.356 e. The lowest BCUT2D eigenvalue weighted by molar-refractivity contribution is 0.0154. The van der Waals surface area contributed by atoms with E-state index in [1.165, 1.54) is 32.7 Å². The van der Waals surface area contributed by atoms with Crippen molar-refractivity contribution in [2.75, 3.05) is 64.9 Å². The largest absolute Gasteiger partial charge is 0.356 e. The average molecular weight is 271 g/mol. The van der Waals surface area contributed by atoms with Crippen molar-refractivity contribution in [3.63, 3.8) is 0 Å². The van der Waals surface area contributed by atoms with E-state index in [1.54, 1.807) is 0 Å². The molecule has 5 nitrogen and oxygen atoms in total. The second-order valence-electron chi connectivity index (χ2n) is 4.86. The third-order valence-electron chi connectivity index (χ3n) is 3.72. The summed E-state index contributed by atoms with van der Waals surface area (Å²) in [4.78, 5) is 9.42. The molecule has 1 atom stereocenters. The van der Waals surface area contributed by atoms with Crippen LogP contribution in [0.1, 0.15) is 0 Å². The normalized spacial score (nSPS) is 31.4. The summed E-state index contributed by atoms with van der Waals surface area (Å²) in [5.41, 5.74) is 0. The van der Waals surface area contributed by atoms with Gasteiger partial charge in [-0.3, -0.25) is 14.8 Å². The maximum Gasteiger partial charge on any atom is 0.191 e. The molecule has 0 spiro atoms. The van der Waals surface area contributed by atoms with Crippen LogP contribution in [0.15, 0.2) is 4.99 Å². The number of nitrogens with zero attached hydrogens (tertiary/aromatic N) is 3. The van der Waals surface area contributed by atoms with Gasteiger partial charge >= 0.3 is 0 Å². The predicted molar refractivity (Wildman–Crippen MR) is 79.5 cm³/mol. The first-order valence-corrected chi connectivity index (χ1v) is 8.12. The Hall–Kier alpha value is -0.460. The third kappa shape index (κ3) is 3.76. The van der Waals surface area contributed by atoms with Gasteiger partial charge in [0.05, 0.1) is 0 Å². The maximum atomic E-state index is 4.26. The van der Waals surface area contributed by atoms with Crippen LogP contribution in [0.4, 0.5) is 0 Å². The van der Waals surface area contributed by atoms with Gasteiger partial charge in [0.25, 0.3) is 0 Å². The Kier molecular flexibility index (Phi) is 5.59. The summed E-state index contributed by atoms with van der Waals surface area (Å²) >= 11 is 1.85. The van der Waals surface area contributed by atoms with Crippen LogP contribution in [0.2, 0.25) is 0 Å². The highest BCUT2D eigenvalue weighted by molar-refractivity contribution is 7.98. The van der Waals surface area contributed by atoms with E-state index in [1.807, 2.05) is 18.8 Å². The van der Waals surface area contributed by atoms with Gasteiger partial charge in [-0.15, -0.1) is 0 Å². The molecule has 18 heavy (non-hydrogen) atoms. The summed E-state index contributed by atoms with van der Waals surface area (Å²) in [7, 11) is 1.84. The predicted octanol–water partition coefficient (Wildman–Crippen LogP) is -0.486. The van der Waals surface area contributed by atoms with Crippen LogP contribution in [0.5, 0.6) is 0 Å². The molecule has 0 aromatic rings. The van der Waals surface area contributed by atoms with E-state index in [2.05, 4.69) is 31.7 Å². The number of piperazine rings is 3. The Morgan fingerprint density at radius 3 is 2.61 bits per heavy atom. The highest BCUT2D eigenvalue weighted by Crippen LogP contribution is 2.14. The molecule has 0 aromatic heterocycles. The summed E-state index contributed by atoms with van der Waals surface area (Å²) in [5.74, 6) is 2.05. The van der Waals surface area contributed by atoms with E-state index < -0.39 is 0 Å². The van der Waals surface area contributed by atoms with Gasteiger partial charge in [-0.2, -0.15) is 11.8 Å². The molecule has 3 rings (SSSR count).